The van der Waals surface area contributed by atoms with Crippen molar-refractivity contribution in [1.82, 2.24) is 4.98 Å². The average Bonchev–Trinajstić information content (AvgIpc) is 2.80. The average molecular weight is 231 g/mol. The van der Waals surface area contributed by atoms with E-state index in [0.717, 1.165) is 35.7 Å². The van der Waals surface area contributed by atoms with Gasteiger partial charge < -0.3 is 10.6 Å². The number of aromatic nitrogens is 1. The first-order valence-electron chi connectivity index (χ1n) is 6.75. The Morgan fingerprint density at radius 1 is 1.24 bits per heavy atom. The van der Waals surface area contributed by atoms with Crippen LogP contribution in [-0.4, -0.2) is 17.6 Å². The third-order valence-corrected chi connectivity index (χ3v) is 4.40. The molecular weight excluding hydrogens is 210 g/mol. The van der Waals surface area contributed by atoms with Gasteiger partial charge in [0.2, 0.25) is 0 Å². The Labute approximate surface area is 103 Å². The van der Waals surface area contributed by atoms with Gasteiger partial charge in [-0.1, -0.05) is 6.42 Å². The Hall–Kier alpha value is -1.25. The molecule has 92 valence electrons. The summed E-state index contributed by atoms with van der Waals surface area (Å²) in [6.45, 7) is 3.16. The summed E-state index contributed by atoms with van der Waals surface area (Å²) < 4.78 is 0. The molecule has 17 heavy (non-hydrogen) atoms. The van der Waals surface area contributed by atoms with Crippen molar-refractivity contribution in [3.63, 3.8) is 0 Å². The van der Waals surface area contributed by atoms with Gasteiger partial charge in [-0.05, 0) is 50.7 Å². The molecule has 0 bridgehead atoms. The molecule has 1 aliphatic carbocycles. The minimum Gasteiger partial charge on any atom is -0.397 e. The molecule has 2 N–H and O–H groups in total. The smallest absolute Gasteiger partial charge is 0.129 e. The van der Waals surface area contributed by atoms with Crippen LogP contribution in [0.25, 0.3) is 0 Å². The summed E-state index contributed by atoms with van der Waals surface area (Å²) in [5.74, 6) is 2.04. The van der Waals surface area contributed by atoms with E-state index in [0.29, 0.717) is 0 Å². The van der Waals surface area contributed by atoms with Crippen molar-refractivity contribution in [3.8, 4) is 0 Å². The van der Waals surface area contributed by atoms with E-state index in [1.165, 1.54) is 32.1 Å². The predicted octanol–water partition coefficient (Wildman–Crippen LogP) is 2.74. The normalized spacial score (nSPS) is 28.2. The SMILES string of the molecule is Cc1nc(N2CCCC3CCCC32)ccc1N. The van der Waals surface area contributed by atoms with Crippen molar-refractivity contribution < 1.29 is 0 Å². The van der Waals surface area contributed by atoms with E-state index in [2.05, 4.69) is 16.0 Å². The van der Waals surface area contributed by atoms with E-state index in [9.17, 15) is 0 Å². The number of rotatable bonds is 1. The fourth-order valence-electron chi connectivity index (χ4n) is 3.46. The highest BCUT2D eigenvalue weighted by Crippen LogP contribution is 2.38. The van der Waals surface area contributed by atoms with Gasteiger partial charge in [-0.2, -0.15) is 0 Å². The molecule has 2 fully saturated rings. The van der Waals surface area contributed by atoms with Gasteiger partial charge in [-0.3, -0.25) is 0 Å². The van der Waals surface area contributed by atoms with Crippen LogP contribution >= 0.6 is 0 Å². The number of pyridine rings is 1. The highest BCUT2D eigenvalue weighted by molar-refractivity contribution is 5.51. The minimum atomic E-state index is 0.735. The van der Waals surface area contributed by atoms with Crippen molar-refractivity contribution in [3.05, 3.63) is 17.8 Å². The quantitative estimate of drug-likeness (QED) is 0.808. The molecule has 0 radical (unpaired) electrons. The van der Waals surface area contributed by atoms with Gasteiger partial charge in [-0.15, -0.1) is 0 Å². The lowest BCUT2D eigenvalue weighted by molar-refractivity contribution is 0.360. The van der Waals surface area contributed by atoms with Gasteiger partial charge in [0.05, 0.1) is 11.4 Å². The fraction of sp³-hybridized carbons (Fsp3) is 0.643. The highest BCUT2D eigenvalue weighted by Gasteiger charge is 2.35. The van der Waals surface area contributed by atoms with Crippen LogP contribution in [0.2, 0.25) is 0 Å². The van der Waals surface area contributed by atoms with Crippen LogP contribution in [0.15, 0.2) is 12.1 Å². The summed E-state index contributed by atoms with van der Waals surface area (Å²) in [7, 11) is 0. The maximum absolute atomic E-state index is 5.84. The lowest BCUT2D eigenvalue weighted by Gasteiger charge is -2.38. The zero-order chi connectivity index (χ0) is 11.8. The van der Waals surface area contributed by atoms with Gasteiger partial charge >= 0.3 is 0 Å². The minimum absolute atomic E-state index is 0.735. The maximum Gasteiger partial charge on any atom is 0.129 e. The van der Waals surface area contributed by atoms with Gasteiger partial charge in [0.25, 0.3) is 0 Å². The molecule has 0 spiro atoms. The number of anilines is 2. The Morgan fingerprint density at radius 3 is 2.88 bits per heavy atom. The third kappa shape index (κ3) is 1.88. The number of nitrogens with two attached hydrogens (primary N) is 1. The van der Waals surface area contributed by atoms with Crippen molar-refractivity contribution >= 4 is 11.5 Å². The van der Waals surface area contributed by atoms with E-state index >= 15 is 0 Å². The van der Waals surface area contributed by atoms with Gasteiger partial charge in [0, 0.05) is 12.6 Å². The van der Waals surface area contributed by atoms with E-state index in [1.807, 2.05) is 13.0 Å². The van der Waals surface area contributed by atoms with Gasteiger partial charge in [0.15, 0.2) is 0 Å². The fourth-order valence-corrected chi connectivity index (χ4v) is 3.46. The van der Waals surface area contributed by atoms with E-state index in [1.54, 1.807) is 0 Å². The Bertz CT molecular complexity index is 416. The second-order valence-electron chi connectivity index (χ2n) is 5.44. The van der Waals surface area contributed by atoms with Gasteiger partial charge in [0.1, 0.15) is 5.82 Å². The number of nitrogens with zero attached hydrogens (tertiary/aromatic N) is 2. The van der Waals surface area contributed by atoms with Crippen molar-refractivity contribution in [1.29, 1.82) is 0 Å². The van der Waals surface area contributed by atoms with Crippen molar-refractivity contribution in [2.24, 2.45) is 5.92 Å². The van der Waals surface area contributed by atoms with Crippen molar-refractivity contribution in [2.75, 3.05) is 17.2 Å². The Morgan fingerprint density at radius 2 is 2.06 bits per heavy atom. The van der Waals surface area contributed by atoms with E-state index in [4.69, 9.17) is 5.73 Å². The summed E-state index contributed by atoms with van der Waals surface area (Å²) in [6, 6.07) is 4.82. The summed E-state index contributed by atoms with van der Waals surface area (Å²) in [6.07, 6.45) is 6.87. The first-order chi connectivity index (χ1) is 8.25. The molecule has 1 aromatic rings. The highest BCUT2D eigenvalue weighted by atomic mass is 15.2. The lowest BCUT2D eigenvalue weighted by Crippen LogP contribution is -2.43. The molecule has 1 aromatic heterocycles. The summed E-state index contributed by atoms with van der Waals surface area (Å²) in [5.41, 5.74) is 7.60. The molecule has 2 heterocycles. The summed E-state index contributed by atoms with van der Waals surface area (Å²) in [5, 5.41) is 0. The van der Waals surface area contributed by atoms with Crippen LogP contribution in [0, 0.1) is 12.8 Å². The standard InChI is InChI=1S/C14H21N3/c1-10-12(15)7-8-14(16-10)17-9-3-5-11-4-2-6-13(11)17/h7-8,11,13H,2-6,9,15H2,1H3. The second-order valence-corrected chi connectivity index (χ2v) is 5.44. The summed E-state index contributed by atoms with van der Waals surface area (Å²) >= 11 is 0. The molecule has 0 aromatic carbocycles. The molecule has 3 rings (SSSR count). The first-order valence-corrected chi connectivity index (χ1v) is 6.75. The number of nitrogen functional groups attached to an aromatic ring is 1. The van der Waals surface area contributed by atoms with Crippen LogP contribution in [0.4, 0.5) is 11.5 Å². The molecule has 1 aliphatic heterocycles. The molecule has 3 heteroatoms. The van der Waals surface area contributed by atoms with Crippen LogP contribution in [0.3, 0.4) is 0 Å². The van der Waals surface area contributed by atoms with E-state index < -0.39 is 0 Å². The molecule has 0 amide bonds. The predicted molar refractivity (Wildman–Crippen MR) is 71.1 cm³/mol. The molecular formula is C14H21N3. The third-order valence-electron chi connectivity index (χ3n) is 4.40. The lowest BCUT2D eigenvalue weighted by atomic mass is 9.92. The largest absolute Gasteiger partial charge is 0.397 e. The monoisotopic (exact) mass is 231 g/mol. The first kappa shape index (κ1) is 10.9. The topological polar surface area (TPSA) is 42.2 Å². The summed E-state index contributed by atoms with van der Waals surface area (Å²) in [4.78, 5) is 7.18. The van der Waals surface area contributed by atoms with E-state index in [-0.39, 0.29) is 0 Å². The number of hydrogen-bond acceptors (Lipinski definition) is 3. The number of hydrogen-bond donors (Lipinski definition) is 1. The molecule has 1 saturated heterocycles. The van der Waals surface area contributed by atoms with Crippen LogP contribution in [0.5, 0.6) is 0 Å². The second kappa shape index (κ2) is 4.21. The van der Waals surface area contributed by atoms with Crippen molar-refractivity contribution in [2.45, 2.75) is 45.1 Å². The van der Waals surface area contributed by atoms with Crippen LogP contribution < -0.4 is 10.6 Å². The molecule has 2 aliphatic rings. The Balaban J connectivity index is 1.89. The molecule has 2 atom stereocenters. The molecule has 1 saturated carbocycles. The number of piperidine rings is 1. The van der Waals surface area contributed by atoms with Gasteiger partial charge in [-0.25, -0.2) is 4.98 Å². The zero-order valence-corrected chi connectivity index (χ0v) is 10.5. The number of fused-ring (bicyclic) bond motifs is 1. The molecule has 3 nitrogen and oxygen atoms in total. The van der Waals surface area contributed by atoms with Crippen LogP contribution in [-0.2, 0) is 0 Å². The maximum atomic E-state index is 5.84. The molecule has 2 unspecified atom stereocenters. The number of aryl methyl sites for hydroxylation is 1. The zero-order valence-electron chi connectivity index (χ0n) is 10.5. The Kier molecular flexibility index (Phi) is 2.69. The van der Waals surface area contributed by atoms with Crippen LogP contribution in [0.1, 0.15) is 37.8 Å².